The molecule has 6 heteroatoms. The van der Waals surface area contributed by atoms with Crippen molar-refractivity contribution in [1.82, 2.24) is 9.88 Å². The number of pyridine rings is 1. The Kier molecular flexibility index (Phi) is 6.66. The molecule has 1 aliphatic heterocycles. The zero-order valence-electron chi connectivity index (χ0n) is 16.0. The number of carboxylic acid groups (broad SMARTS) is 1. The van der Waals surface area contributed by atoms with Gasteiger partial charge in [-0.3, -0.25) is 9.88 Å². The number of nitrogens with zero attached hydrogens (tertiary/aromatic N) is 3. The molecule has 28 heavy (non-hydrogen) atoms. The molecule has 0 aliphatic carbocycles. The van der Waals surface area contributed by atoms with Crippen LogP contribution in [0.25, 0.3) is 0 Å². The van der Waals surface area contributed by atoms with Gasteiger partial charge in [0.2, 0.25) is 5.60 Å². The third-order valence-electron chi connectivity index (χ3n) is 5.15. The van der Waals surface area contributed by atoms with Crippen LogP contribution in [0.1, 0.15) is 12.8 Å². The van der Waals surface area contributed by atoms with E-state index >= 15 is 0 Å². The maximum absolute atomic E-state index is 12.1. The second-order valence-electron chi connectivity index (χ2n) is 6.99. The van der Waals surface area contributed by atoms with Gasteiger partial charge in [0.1, 0.15) is 5.75 Å². The van der Waals surface area contributed by atoms with Gasteiger partial charge < -0.3 is 14.7 Å². The number of hydrogen-bond acceptors (Lipinski definition) is 5. The van der Waals surface area contributed by atoms with E-state index in [2.05, 4.69) is 21.4 Å². The van der Waals surface area contributed by atoms with E-state index in [1.54, 1.807) is 30.6 Å². The molecule has 3 rings (SSSR count). The van der Waals surface area contributed by atoms with Crippen LogP contribution in [-0.2, 0) is 4.79 Å². The van der Waals surface area contributed by atoms with E-state index in [0.29, 0.717) is 18.7 Å². The lowest BCUT2D eigenvalue weighted by atomic mass is 9.94. The minimum absolute atomic E-state index is 0.258. The predicted octanol–water partition coefficient (Wildman–Crippen LogP) is 3.07. The Labute approximate surface area is 166 Å². The molecule has 1 aromatic heterocycles. The molecule has 0 bridgehead atoms. The van der Waals surface area contributed by atoms with Crippen LogP contribution in [0.2, 0.25) is 0 Å². The Morgan fingerprint density at radius 1 is 1.14 bits per heavy atom. The first kappa shape index (κ1) is 19.9. The number of benzene rings is 1. The van der Waals surface area contributed by atoms with Gasteiger partial charge in [-0.15, -0.1) is 6.58 Å². The second kappa shape index (κ2) is 9.37. The summed E-state index contributed by atoms with van der Waals surface area (Å²) in [6.45, 7) is 7.99. The van der Waals surface area contributed by atoms with E-state index in [4.69, 9.17) is 4.74 Å². The van der Waals surface area contributed by atoms with E-state index in [-0.39, 0.29) is 6.42 Å². The number of ether oxygens (including phenoxy) is 1. The number of aromatic nitrogens is 1. The Balaban J connectivity index is 1.61. The van der Waals surface area contributed by atoms with Crippen LogP contribution < -0.4 is 9.64 Å². The highest BCUT2D eigenvalue weighted by atomic mass is 16.5. The quantitative estimate of drug-likeness (QED) is 0.674. The molecule has 1 N–H and O–H groups in total. The highest BCUT2D eigenvalue weighted by Gasteiger charge is 2.40. The summed E-state index contributed by atoms with van der Waals surface area (Å²) >= 11 is 0. The molecule has 0 spiro atoms. The van der Waals surface area contributed by atoms with Crippen LogP contribution >= 0.6 is 0 Å². The van der Waals surface area contributed by atoms with Crippen molar-refractivity contribution in [2.75, 3.05) is 37.6 Å². The summed E-state index contributed by atoms with van der Waals surface area (Å²) in [7, 11) is 0. The van der Waals surface area contributed by atoms with Crippen LogP contribution in [0, 0.1) is 0 Å². The maximum atomic E-state index is 12.1. The largest absolute Gasteiger partial charge is 0.478 e. The zero-order chi connectivity index (χ0) is 19.8. The lowest BCUT2D eigenvalue weighted by Crippen LogP contribution is -2.51. The first-order valence-electron chi connectivity index (χ1n) is 9.59. The van der Waals surface area contributed by atoms with Crippen LogP contribution in [-0.4, -0.2) is 59.3 Å². The highest BCUT2D eigenvalue weighted by Crippen LogP contribution is 2.27. The summed E-state index contributed by atoms with van der Waals surface area (Å²) in [6, 6.07) is 13.2. The molecule has 0 radical (unpaired) electrons. The smallest absolute Gasteiger partial charge is 0.348 e. The monoisotopic (exact) mass is 381 g/mol. The average molecular weight is 381 g/mol. The van der Waals surface area contributed by atoms with Crippen molar-refractivity contribution in [3.63, 3.8) is 0 Å². The van der Waals surface area contributed by atoms with Crippen molar-refractivity contribution >= 4 is 11.7 Å². The summed E-state index contributed by atoms with van der Waals surface area (Å²) in [4.78, 5) is 20.8. The van der Waals surface area contributed by atoms with Gasteiger partial charge in [0, 0.05) is 63.6 Å². The Morgan fingerprint density at radius 2 is 1.82 bits per heavy atom. The predicted molar refractivity (Wildman–Crippen MR) is 110 cm³/mol. The first-order chi connectivity index (χ1) is 13.6. The topological polar surface area (TPSA) is 65.9 Å². The van der Waals surface area contributed by atoms with Crippen LogP contribution in [0.15, 0.2) is 67.5 Å². The fourth-order valence-corrected chi connectivity index (χ4v) is 3.50. The SMILES string of the molecule is C=CCC(CCN1CCN(c2ccncc2)CC1)(Oc1ccccc1)C(=O)O. The minimum atomic E-state index is -1.30. The number of anilines is 1. The summed E-state index contributed by atoms with van der Waals surface area (Å²) in [5.41, 5.74) is -0.126. The Bertz CT molecular complexity index is 761. The van der Waals surface area contributed by atoms with Gasteiger partial charge in [0.25, 0.3) is 0 Å². The molecular weight excluding hydrogens is 354 g/mol. The lowest BCUT2D eigenvalue weighted by molar-refractivity contribution is -0.156. The number of para-hydroxylation sites is 1. The third kappa shape index (κ3) is 4.89. The van der Waals surface area contributed by atoms with E-state index < -0.39 is 11.6 Å². The lowest BCUT2D eigenvalue weighted by Gasteiger charge is -2.38. The maximum Gasteiger partial charge on any atom is 0.348 e. The van der Waals surface area contributed by atoms with Gasteiger partial charge >= 0.3 is 5.97 Å². The van der Waals surface area contributed by atoms with Crippen molar-refractivity contribution in [2.24, 2.45) is 0 Å². The molecule has 2 aromatic rings. The third-order valence-corrected chi connectivity index (χ3v) is 5.15. The molecule has 1 aliphatic rings. The molecule has 1 atom stereocenters. The number of carbonyl (C=O) groups is 1. The zero-order valence-corrected chi connectivity index (χ0v) is 16.0. The molecule has 1 saturated heterocycles. The fraction of sp³-hybridized carbons (Fsp3) is 0.364. The molecule has 1 fully saturated rings. The first-order valence-corrected chi connectivity index (χ1v) is 9.59. The molecule has 2 heterocycles. The molecule has 0 saturated carbocycles. The average Bonchev–Trinajstić information content (AvgIpc) is 2.74. The van der Waals surface area contributed by atoms with Crippen molar-refractivity contribution in [3.8, 4) is 5.75 Å². The van der Waals surface area contributed by atoms with E-state index in [0.717, 1.165) is 26.2 Å². The van der Waals surface area contributed by atoms with Crippen molar-refractivity contribution in [2.45, 2.75) is 18.4 Å². The van der Waals surface area contributed by atoms with Crippen LogP contribution in [0.4, 0.5) is 5.69 Å². The summed E-state index contributed by atoms with van der Waals surface area (Å²) in [6.07, 6.45) is 5.89. The fourth-order valence-electron chi connectivity index (χ4n) is 3.50. The van der Waals surface area contributed by atoms with Gasteiger partial charge in [0.05, 0.1) is 0 Å². The summed E-state index contributed by atoms with van der Waals surface area (Å²) in [5.74, 6) is -0.388. The number of rotatable bonds is 9. The van der Waals surface area contributed by atoms with Gasteiger partial charge in [-0.1, -0.05) is 24.3 Å². The van der Waals surface area contributed by atoms with E-state index in [1.165, 1.54) is 5.69 Å². The number of aliphatic carboxylic acids is 1. The summed E-state index contributed by atoms with van der Waals surface area (Å²) in [5, 5.41) is 9.93. The molecule has 1 aromatic carbocycles. The van der Waals surface area contributed by atoms with Crippen LogP contribution in [0.3, 0.4) is 0 Å². The summed E-state index contributed by atoms with van der Waals surface area (Å²) < 4.78 is 5.97. The van der Waals surface area contributed by atoms with Gasteiger partial charge in [-0.25, -0.2) is 4.79 Å². The molecule has 1 unspecified atom stereocenters. The molecule has 6 nitrogen and oxygen atoms in total. The highest BCUT2D eigenvalue weighted by molar-refractivity contribution is 5.78. The minimum Gasteiger partial charge on any atom is -0.478 e. The van der Waals surface area contributed by atoms with Crippen molar-refractivity contribution in [3.05, 3.63) is 67.5 Å². The van der Waals surface area contributed by atoms with E-state index in [1.807, 2.05) is 30.3 Å². The number of carboxylic acids is 1. The van der Waals surface area contributed by atoms with Gasteiger partial charge in [-0.2, -0.15) is 0 Å². The Hall–Kier alpha value is -2.86. The number of piperazine rings is 1. The second-order valence-corrected chi connectivity index (χ2v) is 6.99. The van der Waals surface area contributed by atoms with Gasteiger partial charge in [-0.05, 0) is 24.3 Å². The van der Waals surface area contributed by atoms with Crippen LogP contribution in [0.5, 0.6) is 5.75 Å². The normalized spacial score (nSPS) is 16.9. The molecule has 0 amide bonds. The molecular formula is C22H27N3O3. The number of hydrogen-bond donors (Lipinski definition) is 1. The molecule has 148 valence electrons. The van der Waals surface area contributed by atoms with E-state index in [9.17, 15) is 9.90 Å². The van der Waals surface area contributed by atoms with Crippen molar-refractivity contribution in [1.29, 1.82) is 0 Å². The standard InChI is InChI=1S/C22H27N3O3/c1-2-10-22(21(26)27,28-20-6-4-3-5-7-20)11-14-24-15-17-25(18-16-24)19-8-12-23-13-9-19/h2-9,12-13H,1,10-11,14-18H2,(H,26,27). The Morgan fingerprint density at radius 3 is 2.43 bits per heavy atom. The van der Waals surface area contributed by atoms with Gasteiger partial charge in [0.15, 0.2) is 0 Å². The van der Waals surface area contributed by atoms with Crippen molar-refractivity contribution < 1.29 is 14.6 Å².